The molecule has 0 saturated heterocycles. The second kappa shape index (κ2) is 29.6. The van der Waals surface area contributed by atoms with Crippen LogP contribution in [-0.2, 0) is 6.42 Å². The molecule has 0 saturated carbocycles. The molecule has 0 atom stereocenters. The van der Waals surface area contributed by atoms with Gasteiger partial charge in [-0.05, 0) is 30.9 Å². The van der Waals surface area contributed by atoms with Crippen LogP contribution in [-0.4, -0.2) is 17.7 Å². The zero-order valence-electron chi connectivity index (χ0n) is 28.2. The lowest BCUT2D eigenvalue weighted by molar-refractivity contribution is 0.0692. The minimum absolute atomic E-state index is 0.322. The first kappa shape index (κ1) is 38.5. The van der Waals surface area contributed by atoms with Crippen molar-refractivity contribution in [1.29, 1.82) is 0 Å². The van der Waals surface area contributed by atoms with E-state index in [1.54, 1.807) is 6.07 Å². The quantitative estimate of drug-likeness (QED) is 0.0854. The number of aromatic carboxylic acids is 1. The Morgan fingerprint density at radius 3 is 1.26 bits per heavy atom. The Hall–Kier alpha value is -1.51. The van der Waals surface area contributed by atoms with Crippen molar-refractivity contribution in [2.75, 3.05) is 6.61 Å². The number of benzene rings is 1. The highest BCUT2D eigenvalue weighted by atomic mass is 16.5. The molecule has 0 aliphatic heterocycles. The van der Waals surface area contributed by atoms with E-state index in [4.69, 9.17) is 4.74 Å². The first-order chi connectivity index (χ1) is 20.7. The van der Waals surface area contributed by atoms with Crippen LogP contribution in [0.5, 0.6) is 5.75 Å². The van der Waals surface area contributed by atoms with Gasteiger partial charge in [-0.15, -0.1) is 0 Å². The van der Waals surface area contributed by atoms with Crippen molar-refractivity contribution in [2.24, 2.45) is 0 Å². The summed E-state index contributed by atoms with van der Waals surface area (Å²) in [6, 6.07) is 5.63. The Morgan fingerprint density at radius 2 is 0.881 bits per heavy atom. The molecule has 1 N–H and O–H groups in total. The van der Waals surface area contributed by atoms with Crippen LogP contribution in [0.4, 0.5) is 0 Å². The van der Waals surface area contributed by atoms with Gasteiger partial charge in [-0.2, -0.15) is 0 Å². The van der Waals surface area contributed by atoms with Crippen LogP contribution < -0.4 is 4.74 Å². The van der Waals surface area contributed by atoms with Gasteiger partial charge in [-0.25, -0.2) is 4.79 Å². The molecule has 0 radical (unpaired) electrons. The third kappa shape index (κ3) is 22.1. The van der Waals surface area contributed by atoms with E-state index in [1.165, 1.54) is 167 Å². The third-order valence-electron chi connectivity index (χ3n) is 8.87. The Bertz CT molecular complexity index is 728. The zero-order valence-corrected chi connectivity index (χ0v) is 28.2. The Morgan fingerprint density at radius 1 is 0.524 bits per heavy atom. The number of carbonyl (C=O) groups is 1. The minimum Gasteiger partial charge on any atom is -0.492 e. The van der Waals surface area contributed by atoms with E-state index in [0.717, 1.165) is 24.8 Å². The lowest BCUT2D eigenvalue weighted by Gasteiger charge is -2.14. The van der Waals surface area contributed by atoms with E-state index in [-0.39, 0.29) is 0 Å². The maximum atomic E-state index is 11.9. The molecule has 0 fully saturated rings. The lowest BCUT2D eigenvalue weighted by atomic mass is 10.0. The largest absolute Gasteiger partial charge is 0.492 e. The van der Waals surface area contributed by atoms with Crippen molar-refractivity contribution in [3.05, 3.63) is 29.3 Å². The number of unbranched alkanes of at least 4 members (excludes halogenated alkanes) is 26. The fraction of sp³-hybridized carbons (Fsp3) is 0.821. The van der Waals surface area contributed by atoms with Gasteiger partial charge in [0.15, 0.2) is 0 Å². The molecule has 0 aliphatic rings. The monoisotopic (exact) mass is 587 g/mol. The van der Waals surface area contributed by atoms with Crippen LogP contribution in [0.2, 0.25) is 0 Å². The number of rotatable bonds is 32. The normalized spacial score (nSPS) is 11.3. The summed E-state index contributed by atoms with van der Waals surface area (Å²) in [7, 11) is 0. The van der Waals surface area contributed by atoms with Crippen molar-refractivity contribution >= 4 is 5.97 Å². The Kier molecular flexibility index (Phi) is 27.1. The molecule has 42 heavy (non-hydrogen) atoms. The van der Waals surface area contributed by atoms with E-state index in [0.29, 0.717) is 17.9 Å². The zero-order chi connectivity index (χ0) is 30.4. The number of ether oxygens (including phenoxy) is 1. The molecule has 1 aromatic rings. The van der Waals surface area contributed by atoms with E-state index >= 15 is 0 Å². The van der Waals surface area contributed by atoms with Gasteiger partial charge in [-0.1, -0.05) is 193 Å². The van der Waals surface area contributed by atoms with Crippen molar-refractivity contribution < 1.29 is 14.6 Å². The number of hydrogen-bond acceptors (Lipinski definition) is 2. The number of carboxylic acid groups (broad SMARTS) is 1. The number of aryl methyl sites for hydroxylation is 1. The molecule has 0 amide bonds. The summed E-state index contributed by atoms with van der Waals surface area (Å²) in [6.45, 7) is 5.18. The van der Waals surface area contributed by atoms with Crippen LogP contribution in [0.3, 0.4) is 0 Å². The molecule has 3 nitrogen and oxygen atoms in total. The second-order valence-electron chi connectivity index (χ2n) is 12.9. The molecule has 0 aromatic heterocycles. The maximum Gasteiger partial charge on any atom is 0.339 e. The number of hydrogen-bond donors (Lipinski definition) is 1. The van der Waals surface area contributed by atoms with E-state index in [2.05, 4.69) is 19.9 Å². The molecule has 0 bridgehead atoms. The van der Waals surface area contributed by atoms with Gasteiger partial charge in [0.1, 0.15) is 11.3 Å². The van der Waals surface area contributed by atoms with Gasteiger partial charge in [0.25, 0.3) is 0 Å². The molecule has 0 aliphatic carbocycles. The van der Waals surface area contributed by atoms with Crippen molar-refractivity contribution in [1.82, 2.24) is 0 Å². The summed E-state index contributed by atoms with van der Waals surface area (Å²) >= 11 is 0. The summed E-state index contributed by atoms with van der Waals surface area (Å²) in [4.78, 5) is 11.9. The van der Waals surface area contributed by atoms with Crippen molar-refractivity contribution in [3.8, 4) is 5.75 Å². The number of para-hydroxylation sites is 1. The van der Waals surface area contributed by atoms with Crippen LogP contribution >= 0.6 is 0 Å². The topological polar surface area (TPSA) is 46.5 Å². The van der Waals surface area contributed by atoms with Gasteiger partial charge in [0.2, 0.25) is 0 Å². The highest BCUT2D eigenvalue weighted by Gasteiger charge is 2.15. The molecule has 0 spiro atoms. The summed E-state index contributed by atoms with van der Waals surface area (Å²) in [5.74, 6) is -0.261. The third-order valence-corrected chi connectivity index (χ3v) is 8.87. The molecule has 1 rings (SSSR count). The average molecular weight is 587 g/mol. The van der Waals surface area contributed by atoms with E-state index in [1.807, 2.05) is 6.07 Å². The standard InChI is InChI=1S/C39H70O3/c1-3-5-7-9-11-13-15-17-19-21-23-25-27-29-32-36-33-31-34-37(39(40)41)38(36)42-35-30-28-26-24-22-20-18-16-14-12-10-8-6-4-2/h31,33-34H,3-30,32,35H2,1-2H3,(H,40,41). The van der Waals surface area contributed by atoms with Gasteiger partial charge in [0, 0.05) is 0 Å². The Balaban J connectivity index is 2.11. The highest BCUT2D eigenvalue weighted by molar-refractivity contribution is 5.91. The molecular formula is C39H70O3. The molecule has 0 heterocycles. The van der Waals surface area contributed by atoms with Crippen LogP contribution in [0.25, 0.3) is 0 Å². The summed E-state index contributed by atoms with van der Waals surface area (Å²) in [6.07, 6.45) is 38.5. The first-order valence-corrected chi connectivity index (χ1v) is 18.7. The molecule has 0 unspecified atom stereocenters. The molecule has 3 heteroatoms. The summed E-state index contributed by atoms with van der Waals surface area (Å²) in [5, 5.41) is 9.73. The van der Waals surface area contributed by atoms with E-state index < -0.39 is 5.97 Å². The summed E-state index contributed by atoms with van der Waals surface area (Å²) < 4.78 is 6.13. The SMILES string of the molecule is CCCCCCCCCCCCCCCCOc1c(CCCCCCCCCCCCCCCC)cccc1C(=O)O. The average Bonchev–Trinajstić information content (AvgIpc) is 2.99. The van der Waals surface area contributed by atoms with Gasteiger partial charge < -0.3 is 9.84 Å². The van der Waals surface area contributed by atoms with Gasteiger partial charge >= 0.3 is 5.97 Å². The fourth-order valence-electron chi connectivity index (χ4n) is 6.10. The lowest BCUT2D eigenvalue weighted by Crippen LogP contribution is -2.07. The number of carboxylic acids is 1. The van der Waals surface area contributed by atoms with Crippen LogP contribution in [0.15, 0.2) is 18.2 Å². The summed E-state index contributed by atoms with van der Waals surface area (Å²) in [5.41, 5.74) is 1.39. The maximum absolute atomic E-state index is 11.9. The predicted octanol–water partition coefficient (Wildman–Crippen LogP) is 13.3. The Labute approximate surface area is 262 Å². The highest BCUT2D eigenvalue weighted by Crippen LogP contribution is 2.27. The molecule has 244 valence electrons. The predicted molar refractivity (Wildman–Crippen MR) is 183 cm³/mol. The van der Waals surface area contributed by atoms with Crippen molar-refractivity contribution in [3.63, 3.8) is 0 Å². The second-order valence-corrected chi connectivity index (χ2v) is 12.9. The fourth-order valence-corrected chi connectivity index (χ4v) is 6.10. The molecule has 1 aromatic carbocycles. The van der Waals surface area contributed by atoms with Crippen LogP contribution in [0, 0.1) is 0 Å². The molecular weight excluding hydrogens is 516 g/mol. The van der Waals surface area contributed by atoms with Crippen LogP contribution in [0.1, 0.15) is 210 Å². The van der Waals surface area contributed by atoms with Gasteiger partial charge in [0.05, 0.1) is 6.61 Å². The first-order valence-electron chi connectivity index (χ1n) is 18.7. The van der Waals surface area contributed by atoms with Gasteiger partial charge in [-0.3, -0.25) is 0 Å². The minimum atomic E-state index is -0.881. The van der Waals surface area contributed by atoms with Crippen molar-refractivity contribution in [2.45, 2.75) is 200 Å². The smallest absolute Gasteiger partial charge is 0.339 e. The van der Waals surface area contributed by atoms with E-state index in [9.17, 15) is 9.90 Å².